The maximum Gasteiger partial charge on any atom is 0.231 e. The standard InChI is InChI=1S/C17H28N2O3S/c1-13(2)9-10-18-14-11-17(12-14)22-16-7-5-15(6-8-16)19(3)23(4,20)21/h5-8,13-14,17-18H,9-12H2,1-4H3. The smallest absolute Gasteiger partial charge is 0.231 e. The predicted molar refractivity (Wildman–Crippen MR) is 94.6 cm³/mol. The quantitative estimate of drug-likeness (QED) is 0.790. The van der Waals surface area contributed by atoms with Crippen LogP contribution in [-0.4, -0.2) is 40.4 Å². The Kier molecular flexibility index (Phi) is 5.92. The van der Waals surface area contributed by atoms with E-state index in [4.69, 9.17) is 4.74 Å². The van der Waals surface area contributed by atoms with Gasteiger partial charge in [0.25, 0.3) is 0 Å². The molecule has 0 radical (unpaired) electrons. The molecule has 1 saturated carbocycles. The van der Waals surface area contributed by atoms with E-state index >= 15 is 0 Å². The monoisotopic (exact) mass is 340 g/mol. The van der Waals surface area contributed by atoms with Crippen molar-refractivity contribution in [2.45, 2.75) is 45.3 Å². The van der Waals surface area contributed by atoms with Gasteiger partial charge < -0.3 is 10.1 Å². The van der Waals surface area contributed by atoms with Gasteiger partial charge in [-0.05, 0) is 56.0 Å². The molecule has 0 bridgehead atoms. The molecule has 1 aliphatic rings. The summed E-state index contributed by atoms with van der Waals surface area (Å²) in [6.07, 6.45) is 4.71. The van der Waals surface area contributed by atoms with Gasteiger partial charge in [0, 0.05) is 13.1 Å². The molecule has 0 atom stereocenters. The van der Waals surface area contributed by atoms with Crippen LogP contribution in [0.25, 0.3) is 0 Å². The van der Waals surface area contributed by atoms with Crippen LogP contribution in [0.5, 0.6) is 5.75 Å². The van der Waals surface area contributed by atoms with Crippen molar-refractivity contribution in [3.05, 3.63) is 24.3 Å². The van der Waals surface area contributed by atoms with Crippen LogP contribution in [0.1, 0.15) is 33.1 Å². The SMILES string of the molecule is CC(C)CCNC1CC(Oc2ccc(N(C)S(C)(=O)=O)cc2)C1. The van der Waals surface area contributed by atoms with Crippen molar-refractivity contribution in [3.8, 4) is 5.75 Å². The Morgan fingerprint density at radius 3 is 2.39 bits per heavy atom. The Balaban J connectivity index is 1.76. The third-order valence-corrected chi connectivity index (χ3v) is 5.46. The van der Waals surface area contributed by atoms with Crippen LogP contribution in [0, 0.1) is 5.92 Å². The zero-order valence-electron chi connectivity index (χ0n) is 14.5. The van der Waals surface area contributed by atoms with Crippen LogP contribution in [0.4, 0.5) is 5.69 Å². The number of rotatable bonds is 8. The highest BCUT2D eigenvalue weighted by Crippen LogP contribution is 2.27. The van der Waals surface area contributed by atoms with Gasteiger partial charge >= 0.3 is 0 Å². The minimum Gasteiger partial charge on any atom is -0.490 e. The molecule has 0 heterocycles. The van der Waals surface area contributed by atoms with Crippen molar-refractivity contribution in [2.24, 2.45) is 5.92 Å². The van der Waals surface area contributed by atoms with Gasteiger partial charge in [-0.15, -0.1) is 0 Å². The van der Waals surface area contributed by atoms with Crippen molar-refractivity contribution in [3.63, 3.8) is 0 Å². The van der Waals surface area contributed by atoms with Crippen molar-refractivity contribution >= 4 is 15.7 Å². The number of nitrogens with one attached hydrogen (secondary N) is 1. The number of sulfonamides is 1. The van der Waals surface area contributed by atoms with Gasteiger partial charge in [0.2, 0.25) is 10.0 Å². The first-order chi connectivity index (χ1) is 10.8. The van der Waals surface area contributed by atoms with Crippen LogP contribution in [0.15, 0.2) is 24.3 Å². The van der Waals surface area contributed by atoms with Crippen molar-refractivity contribution in [1.82, 2.24) is 5.32 Å². The number of hydrogen-bond acceptors (Lipinski definition) is 4. The lowest BCUT2D eigenvalue weighted by molar-refractivity contribution is 0.0847. The molecule has 1 N–H and O–H groups in total. The highest BCUT2D eigenvalue weighted by atomic mass is 32.2. The largest absolute Gasteiger partial charge is 0.490 e. The van der Waals surface area contributed by atoms with Gasteiger partial charge in [0.15, 0.2) is 0 Å². The summed E-state index contributed by atoms with van der Waals surface area (Å²) in [5.74, 6) is 1.53. The van der Waals surface area contributed by atoms with E-state index in [0.717, 1.165) is 31.1 Å². The lowest BCUT2D eigenvalue weighted by Gasteiger charge is -2.36. The lowest BCUT2D eigenvalue weighted by Crippen LogP contribution is -2.47. The number of anilines is 1. The zero-order valence-corrected chi connectivity index (χ0v) is 15.3. The summed E-state index contributed by atoms with van der Waals surface area (Å²) in [5.41, 5.74) is 0.640. The molecule has 5 nitrogen and oxygen atoms in total. The van der Waals surface area contributed by atoms with E-state index in [2.05, 4.69) is 19.2 Å². The number of ether oxygens (including phenoxy) is 1. The summed E-state index contributed by atoms with van der Waals surface area (Å²) in [4.78, 5) is 0. The van der Waals surface area contributed by atoms with Gasteiger partial charge in [0.05, 0.1) is 11.9 Å². The van der Waals surface area contributed by atoms with Crippen molar-refractivity contribution < 1.29 is 13.2 Å². The first-order valence-corrected chi connectivity index (χ1v) is 10.0. The second-order valence-corrected chi connectivity index (χ2v) is 8.78. The summed E-state index contributed by atoms with van der Waals surface area (Å²) >= 11 is 0. The topological polar surface area (TPSA) is 58.6 Å². The van der Waals surface area contributed by atoms with Gasteiger partial charge in [0.1, 0.15) is 11.9 Å². The molecule has 1 aromatic carbocycles. The molecule has 0 unspecified atom stereocenters. The molecule has 23 heavy (non-hydrogen) atoms. The van der Waals surface area contributed by atoms with E-state index in [9.17, 15) is 8.42 Å². The van der Waals surface area contributed by atoms with E-state index in [1.165, 1.54) is 17.0 Å². The molecule has 1 fully saturated rings. The predicted octanol–water partition coefficient (Wildman–Crippen LogP) is 2.63. The zero-order chi connectivity index (χ0) is 17.0. The van der Waals surface area contributed by atoms with Crippen LogP contribution in [0.2, 0.25) is 0 Å². The van der Waals surface area contributed by atoms with Crippen molar-refractivity contribution in [2.75, 3.05) is 24.2 Å². The highest BCUT2D eigenvalue weighted by Gasteiger charge is 2.30. The van der Waals surface area contributed by atoms with Crippen LogP contribution in [0.3, 0.4) is 0 Å². The Morgan fingerprint density at radius 2 is 1.87 bits per heavy atom. The summed E-state index contributed by atoms with van der Waals surface area (Å²) in [5, 5.41) is 3.55. The van der Waals surface area contributed by atoms with Crippen LogP contribution < -0.4 is 14.4 Å². The molecule has 1 aromatic rings. The molecule has 6 heteroatoms. The molecule has 0 spiro atoms. The first kappa shape index (κ1) is 18.1. The summed E-state index contributed by atoms with van der Waals surface area (Å²) < 4.78 is 30.2. The van der Waals surface area contributed by atoms with Crippen LogP contribution >= 0.6 is 0 Å². The fraction of sp³-hybridized carbons (Fsp3) is 0.647. The molecule has 0 saturated heterocycles. The average Bonchev–Trinajstić information content (AvgIpc) is 2.43. The Bertz CT molecular complexity index is 593. The number of hydrogen-bond donors (Lipinski definition) is 1. The Morgan fingerprint density at radius 1 is 1.26 bits per heavy atom. The van der Waals surface area contributed by atoms with E-state index in [-0.39, 0.29) is 6.10 Å². The van der Waals surface area contributed by atoms with E-state index < -0.39 is 10.0 Å². The molecule has 0 amide bonds. The first-order valence-electron chi connectivity index (χ1n) is 8.19. The highest BCUT2D eigenvalue weighted by molar-refractivity contribution is 7.92. The molecule has 130 valence electrons. The Hall–Kier alpha value is -1.27. The van der Waals surface area contributed by atoms with Gasteiger partial charge in [-0.3, -0.25) is 4.31 Å². The summed E-state index contributed by atoms with van der Waals surface area (Å²) in [7, 11) is -1.68. The molecule has 1 aliphatic carbocycles. The fourth-order valence-electron chi connectivity index (χ4n) is 2.52. The molecule has 0 aromatic heterocycles. The molecular formula is C17H28N2O3S. The van der Waals surface area contributed by atoms with E-state index in [1.807, 2.05) is 12.1 Å². The number of nitrogens with zero attached hydrogens (tertiary/aromatic N) is 1. The van der Waals surface area contributed by atoms with Gasteiger partial charge in [-0.2, -0.15) is 0 Å². The van der Waals surface area contributed by atoms with Gasteiger partial charge in [-0.25, -0.2) is 8.42 Å². The normalized spacial score (nSPS) is 21.1. The summed E-state index contributed by atoms with van der Waals surface area (Å²) in [6, 6.07) is 7.77. The summed E-state index contributed by atoms with van der Waals surface area (Å²) in [6.45, 7) is 5.54. The van der Waals surface area contributed by atoms with E-state index in [0.29, 0.717) is 11.7 Å². The molecule has 0 aliphatic heterocycles. The minimum absolute atomic E-state index is 0.255. The second-order valence-electron chi connectivity index (χ2n) is 6.77. The lowest BCUT2D eigenvalue weighted by atomic mass is 9.89. The second kappa shape index (κ2) is 7.53. The average molecular weight is 340 g/mol. The third-order valence-electron chi connectivity index (χ3n) is 4.25. The number of benzene rings is 1. The molecular weight excluding hydrogens is 312 g/mol. The van der Waals surface area contributed by atoms with Crippen LogP contribution in [-0.2, 0) is 10.0 Å². The third kappa shape index (κ3) is 5.39. The van der Waals surface area contributed by atoms with Gasteiger partial charge in [-0.1, -0.05) is 13.8 Å². The fourth-order valence-corrected chi connectivity index (χ4v) is 3.03. The maximum atomic E-state index is 11.5. The minimum atomic E-state index is -3.22. The molecule has 2 rings (SSSR count). The van der Waals surface area contributed by atoms with Crippen molar-refractivity contribution in [1.29, 1.82) is 0 Å². The van der Waals surface area contributed by atoms with E-state index in [1.54, 1.807) is 19.2 Å². The Labute approximate surface area is 140 Å². The maximum absolute atomic E-state index is 11.5.